The molecule has 0 spiro atoms. The van der Waals surface area contributed by atoms with Crippen LogP contribution in [0.5, 0.6) is 0 Å². The fourth-order valence-electron chi connectivity index (χ4n) is 10.9. The Morgan fingerprint density at radius 3 is 0.871 bits per heavy atom. The van der Waals surface area contributed by atoms with Gasteiger partial charge in [-0.1, -0.05) is 182 Å². The van der Waals surface area contributed by atoms with Crippen LogP contribution in [0.1, 0.15) is 0 Å². The summed E-state index contributed by atoms with van der Waals surface area (Å²) in [5, 5.41) is 21.7. The Morgan fingerprint density at radius 2 is 0.529 bits per heavy atom. The summed E-state index contributed by atoms with van der Waals surface area (Å²) in [6, 6.07) is 105. The van der Waals surface area contributed by atoms with Crippen LogP contribution >= 0.6 is 22.6 Å². The number of hydrogen-bond donors (Lipinski definition) is 1. The number of aromatic amines is 1. The SMILES string of the molecule is Ic1ccc(-c2nnc(-c3ccccc3)o2)cc1.c1ccc(-c2ccc3[nH]c4ccc(-c5ccccc5)cc4c3c2)cc1.c1ccc(-c2ccc3c(c2)c2cc(-c4ccccc4)ccc2n3-c2ccc(-c3nnc(-c4ccccc4)o3)cc2)cc1. The van der Waals surface area contributed by atoms with E-state index in [0.717, 1.165) is 39.0 Å². The molecule has 16 aromatic rings. The molecule has 16 rings (SSSR count). The lowest BCUT2D eigenvalue weighted by atomic mass is 10.0. The highest BCUT2D eigenvalue weighted by Crippen LogP contribution is 2.39. The van der Waals surface area contributed by atoms with E-state index in [9.17, 15) is 0 Å². The number of benzene rings is 12. The molecule has 12 aromatic carbocycles. The number of halogens is 1. The second kappa shape index (κ2) is 23.6. The van der Waals surface area contributed by atoms with Crippen molar-refractivity contribution in [3.8, 4) is 96.0 Å². The predicted octanol–water partition coefficient (Wildman–Crippen LogP) is 20.5. The zero-order chi connectivity index (χ0) is 56.9. The van der Waals surface area contributed by atoms with Gasteiger partial charge in [0.15, 0.2) is 0 Å². The lowest BCUT2D eigenvalue weighted by Crippen LogP contribution is -1.94. The first kappa shape index (κ1) is 52.3. The van der Waals surface area contributed by atoms with Gasteiger partial charge in [-0.15, -0.1) is 20.4 Å². The van der Waals surface area contributed by atoms with Crippen LogP contribution in [-0.2, 0) is 0 Å². The Bertz CT molecular complexity index is 4720. The first-order chi connectivity index (χ1) is 42.0. The van der Waals surface area contributed by atoms with Crippen LogP contribution in [0, 0.1) is 3.57 Å². The standard InChI is InChI=1S/C38H25N3O.C24H17N.C14H9IN2O/c1-4-10-26(11-5-1)30-18-22-35-33(24-30)34-25-31(27-12-6-2-7-13-27)19-23-36(34)41(35)32-20-16-29(17-21-32)38-40-39-37(42-38)28-14-8-3-9-15-28;1-3-7-17(8-4-1)19-11-13-23-21(15-19)22-16-20(12-14-24(22)25-23)18-9-5-2-6-10-18;15-12-8-6-11(7-9-12)14-17-16-13(18-14)10-4-2-1-3-5-10/h1-25H;1-16,25H;1-9H. The molecule has 0 atom stereocenters. The molecule has 0 amide bonds. The van der Waals surface area contributed by atoms with Crippen molar-refractivity contribution in [3.05, 3.63) is 307 Å². The number of aromatic nitrogens is 6. The molecule has 0 unspecified atom stereocenters. The molecule has 4 aromatic heterocycles. The fraction of sp³-hybridized carbons (Fsp3) is 0. The maximum atomic E-state index is 6.01. The van der Waals surface area contributed by atoms with E-state index >= 15 is 0 Å². The number of rotatable bonds is 9. The van der Waals surface area contributed by atoms with Gasteiger partial charge < -0.3 is 18.4 Å². The van der Waals surface area contributed by atoms with Crippen molar-refractivity contribution >= 4 is 66.2 Å². The summed E-state index contributed by atoms with van der Waals surface area (Å²) >= 11 is 2.26. The summed E-state index contributed by atoms with van der Waals surface area (Å²) < 4.78 is 15.2. The van der Waals surface area contributed by atoms with Gasteiger partial charge in [-0.25, -0.2) is 0 Å². The lowest BCUT2D eigenvalue weighted by Gasteiger charge is -2.09. The van der Waals surface area contributed by atoms with Crippen molar-refractivity contribution in [2.45, 2.75) is 0 Å². The van der Waals surface area contributed by atoms with E-state index in [1.807, 2.05) is 97.1 Å². The van der Waals surface area contributed by atoms with E-state index < -0.39 is 0 Å². The smallest absolute Gasteiger partial charge is 0.248 e. The number of nitrogens with one attached hydrogen (secondary N) is 1. The summed E-state index contributed by atoms with van der Waals surface area (Å²) in [4.78, 5) is 3.54. The number of H-pyrrole nitrogens is 1. The van der Waals surface area contributed by atoms with Gasteiger partial charge in [0.05, 0.1) is 11.0 Å². The van der Waals surface area contributed by atoms with Crippen LogP contribution in [0.2, 0.25) is 0 Å². The van der Waals surface area contributed by atoms with Crippen molar-refractivity contribution in [1.82, 2.24) is 29.9 Å². The minimum Gasteiger partial charge on any atom is -0.416 e. The molecule has 0 fully saturated rings. The third-order valence-electron chi connectivity index (χ3n) is 15.1. The second-order valence-corrected chi connectivity index (χ2v) is 21.8. The van der Waals surface area contributed by atoms with Gasteiger partial charge >= 0.3 is 0 Å². The molecule has 8 nitrogen and oxygen atoms in total. The Kier molecular flexibility index (Phi) is 14.5. The highest BCUT2D eigenvalue weighted by atomic mass is 127. The molecular weight excluding hydrogens is 1160 g/mol. The molecule has 404 valence electrons. The largest absolute Gasteiger partial charge is 0.416 e. The van der Waals surface area contributed by atoms with Gasteiger partial charge in [0, 0.05) is 64.1 Å². The quantitative estimate of drug-likeness (QED) is 0.145. The van der Waals surface area contributed by atoms with Gasteiger partial charge in [-0.3, -0.25) is 0 Å². The first-order valence-electron chi connectivity index (χ1n) is 28.0. The Morgan fingerprint density at radius 1 is 0.259 bits per heavy atom. The zero-order valence-electron chi connectivity index (χ0n) is 45.8. The monoisotopic (exact) mass is 1210 g/mol. The third-order valence-corrected chi connectivity index (χ3v) is 15.9. The van der Waals surface area contributed by atoms with Crippen LogP contribution in [0.25, 0.3) is 140 Å². The molecular formula is C76H51IN6O2. The van der Waals surface area contributed by atoms with E-state index in [-0.39, 0.29) is 0 Å². The Labute approximate surface area is 504 Å². The summed E-state index contributed by atoms with van der Waals surface area (Å²) in [7, 11) is 0. The van der Waals surface area contributed by atoms with Gasteiger partial charge in [0.25, 0.3) is 0 Å². The summed E-state index contributed by atoms with van der Waals surface area (Å²) in [5.41, 5.74) is 19.2. The average molecular weight is 1210 g/mol. The predicted molar refractivity (Wildman–Crippen MR) is 355 cm³/mol. The lowest BCUT2D eigenvalue weighted by molar-refractivity contribution is 0.584. The van der Waals surface area contributed by atoms with E-state index in [1.165, 1.54) is 80.7 Å². The Hall–Kier alpha value is -10.8. The molecule has 85 heavy (non-hydrogen) atoms. The molecule has 0 aliphatic rings. The molecule has 0 bridgehead atoms. The minimum absolute atomic E-state index is 0.502. The molecule has 0 aliphatic carbocycles. The van der Waals surface area contributed by atoms with Gasteiger partial charge in [0.2, 0.25) is 23.6 Å². The molecule has 9 heteroatoms. The molecule has 0 saturated carbocycles. The zero-order valence-corrected chi connectivity index (χ0v) is 48.0. The summed E-state index contributed by atoms with van der Waals surface area (Å²) in [5.74, 6) is 2.11. The van der Waals surface area contributed by atoms with Gasteiger partial charge in [-0.05, 0) is 188 Å². The van der Waals surface area contributed by atoms with Gasteiger partial charge in [-0.2, -0.15) is 0 Å². The van der Waals surface area contributed by atoms with E-state index in [1.54, 1.807) is 0 Å². The van der Waals surface area contributed by atoms with Crippen molar-refractivity contribution in [2.75, 3.05) is 0 Å². The van der Waals surface area contributed by atoms with Crippen LogP contribution < -0.4 is 0 Å². The molecule has 0 saturated heterocycles. The maximum absolute atomic E-state index is 6.01. The van der Waals surface area contributed by atoms with Crippen LogP contribution in [0.4, 0.5) is 0 Å². The second-order valence-electron chi connectivity index (χ2n) is 20.5. The molecule has 1 N–H and O–H groups in total. The van der Waals surface area contributed by atoms with Crippen LogP contribution in [0.15, 0.2) is 312 Å². The van der Waals surface area contributed by atoms with Crippen LogP contribution in [-0.4, -0.2) is 29.9 Å². The van der Waals surface area contributed by atoms with Gasteiger partial charge in [0.1, 0.15) is 0 Å². The summed E-state index contributed by atoms with van der Waals surface area (Å²) in [6.45, 7) is 0. The van der Waals surface area contributed by atoms with E-state index in [0.29, 0.717) is 23.6 Å². The highest BCUT2D eigenvalue weighted by Gasteiger charge is 2.17. The van der Waals surface area contributed by atoms with Crippen molar-refractivity contribution in [2.24, 2.45) is 0 Å². The van der Waals surface area contributed by atoms with Crippen molar-refractivity contribution < 1.29 is 8.83 Å². The minimum atomic E-state index is 0.502. The Balaban J connectivity index is 0.000000126. The fourth-order valence-corrected chi connectivity index (χ4v) is 11.2. The first-order valence-corrected chi connectivity index (χ1v) is 29.1. The third kappa shape index (κ3) is 11.1. The average Bonchev–Trinajstić information content (AvgIpc) is 2.36. The van der Waals surface area contributed by atoms with E-state index in [2.05, 4.69) is 259 Å². The number of nitrogens with zero attached hydrogens (tertiary/aromatic N) is 5. The van der Waals surface area contributed by atoms with Crippen molar-refractivity contribution in [3.63, 3.8) is 0 Å². The van der Waals surface area contributed by atoms with Crippen LogP contribution in [0.3, 0.4) is 0 Å². The molecule has 0 radical (unpaired) electrons. The van der Waals surface area contributed by atoms with E-state index in [4.69, 9.17) is 8.83 Å². The normalized spacial score (nSPS) is 11.1. The maximum Gasteiger partial charge on any atom is 0.248 e. The molecule has 0 aliphatic heterocycles. The molecule has 4 heterocycles. The van der Waals surface area contributed by atoms with Crippen molar-refractivity contribution in [1.29, 1.82) is 0 Å². The summed E-state index contributed by atoms with van der Waals surface area (Å²) in [6.07, 6.45) is 0. The number of hydrogen-bond acceptors (Lipinski definition) is 6. The topological polar surface area (TPSA) is 98.6 Å². The number of fused-ring (bicyclic) bond motifs is 6. The highest BCUT2D eigenvalue weighted by molar-refractivity contribution is 14.1.